The van der Waals surface area contributed by atoms with E-state index in [0.717, 1.165) is 25.7 Å². The zero-order chi connectivity index (χ0) is 20.1. The van der Waals surface area contributed by atoms with E-state index >= 15 is 0 Å². The van der Waals surface area contributed by atoms with Gasteiger partial charge in [-0.05, 0) is 12.8 Å². The zero-order valence-corrected chi connectivity index (χ0v) is 17.3. The van der Waals surface area contributed by atoms with E-state index in [2.05, 4.69) is 20.4 Å². The van der Waals surface area contributed by atoms with Gasteiger partial charge in [0.15, 0.2) is 0 Å². The molecule has 4 nitrogen and oxygen atoms in total. The summed E-state index contributed by atoms with van der Waals surface area (Å²) in [4.78, 5) is 10.5. The molecule has 0 aromatic heterocycles. The van der Waals surface area contributed by atoms with Gasteiger partial charge in [0, 0.05) is 6.42 Å². The van der Waals surface area contributed by atoms with Crippen molar-refractivity contribution in [3.05, 3.63) is 12.7 Å². The first-order chi connectivity index (χ1) is 12.4. The molecule has 0 fully saturated rings. The maximum Gasteiger partial charge on any atom is 0.364 e. The minimum Gasteiger partial charge on any atom is -0.477 e. The summed E-state index contributed by atoms with van der Waals surface area (Å²) in [6, 6.07) is 0. The summed E-state index contributed by atoms with van der Waals surface area (Å²) < 4.78 is 0. The van der Waals surface area contributed by atoms with E-state index in [1.165, 1.54) is 64.2 Å². The SMILES string of the molecule is C=CCC.CCCCCCCCCCCCCCCCC(O)(O)C(=O)O. The highest BCUT2D eigenvalue weighted by Gasteiger charge is 2.31. The van der Waals surface area contributed by atoms with Gasteiger partial charge in [0.25, 0.3) is 5.79 Å². The van der Waals surface area contributed by atoms with Crippen LogP contribution in [0.2, 0.25) is 0 Å². The Morgan fingerprint density at radius 1 is 0.769 bits per heavy atom. The number of rotatable bonds is 17. The van der Waals surface area contributed by atoms with Gasteiger partial charge in [-0.1, -0.05) is 103 Å². The van der Waals surface area contributed by atoms with Crippen LogP contribution in [-0.2, 0) is 4.79 Å². The Morgan fingerprint density at radius 2 is 1.08 bits per heavy atom. The number of hydrogen-bond donors (Lipinski definition) is 3. The van der Waals surface area contributed by atoms with E-state index < -0.39 is 11.8 Å². The molecule has 0 rings (SSSR count). The van der Waals surface area contributed by atoms with Gasteiger partial charge in [0.2, 0.25) is 0 Å². The molecule has 3 N–H and O–H groups in total. The Labute approximate surface area is 161 Å². The average Bonchev–Trinajstić information content (AvgIpc) is 2.62. The Morgan fingerprint density at radius 3 is 1.35 bits per heavy atom. The van der Waals surface area contributed by atoms with Crippen molar-refractivity contribution >= 4 is 5.97 Å². The van der Waals surface area contributed by atoms with Crippen molar-refractivity contribution in [3.63, 3.8) is 0 Å². The van der Waals surface area contributed by atoms with Gasteiger partial charge in [-0.15, -0.1) is 6.58 Å². The first-order valence-corrected chi connectivity index (χ1v) is 10.7. The third kappa shape index (κ3) is 21.2. The molecule has 156 valence electrons. The van der Waals surface area contributed by atoms with Crippen LogP contribution in [0.3, 0.4) is 0 Å². The van der Waals surface area contributed by atoms with Crippen molar-refractivity contribution in [3.8, 4) is 0 Å². The summed E-state index contributed by atoms with van der Waals surface area (Å²) >= 11 is 0. The van der Waals surface area contributed by atoms with Crippen molar-refractivity contribution in [2.45, 2.75) is 122 Å². The van der Waals surface area contributed by atoms with E-state index in [-0.39, 0.29) is 6.42 Å². The Balaban J connectivity index is 0. The predicted molar refractivity (Wildman–Crippen MR) is 110 cm³/mol. The lowest BCUT2D eigenvalue weighted by Gasteiger charge is -2.15. The largest absolute Gasteiger partial charge is 0.477 e. The highest BCUT2D eigenvalue weighted by Crippen LogP contribution is 2.15. The van der Waals surface area contributed by atoms with Crippen molar-refractivity contribution in [2.75, 3.05) is 0 Å². The normalized spacial score (nSPS) is 10.9. The first kappa shape index (κ1) is 27.3. The van der Waals surface area contributed by atoms with Crippen LogP contribution in [0.1, 0.15) is 117 Å². The number of unbranched alkanes of at least 4 members (excludes halogenated alkanes) is 13. The maximum atomic E-state index is 10.5. The fourth-order valence-electron chi connectivity index (χ4n) is 2.67. The maximum absolute atomic E-state index is 10.5. The molecule has 0 aromatic carbocycles. The molecule has 0 unspecified atom stereocenters. The van der Waals surface area contributed by atoms with Crippen molar-refractivity contribution < 1.29 is 20.1 Å². The zero-order valence-electron chi connectivity index (χ0n) is 17.3. The second-order valence-corrected chi connectivity index (χ2v) is 7.16. The first-order valence-electron chi connectivity index (χ1n) is 10.7. The summed E-state index contributed by atoms with van der Waals surface area (Å²) in [5.41, 5.74) is 0. The van der Waals surface area contributed by atoms with Crippen LogP contribution in [0.25, 0.3) is 0 Å². The van der Waals surface area contributed by atoms with Crippen LogP contribution < -0.4 is 0 Å². The number of carboxylic acids is 1. The lowest BCUT2D eigenvalue weighted by Crippen LogP contribution is -2.37. The molecular weight excluding hydrogens is 328 g/mol. The minimum absolute atomic E-state index is 0.0830. The van der Waals surface area contributed by atoms with Gasteiger partial charge in [0.1, 0.15) is 0 Å². The lowest BCUT2D eigenvalue weighted by molar-refractivity contribution is -0.205. The third-order valence-corrected chi connectivity index (χ3v) is 4.51. The number of aliphatic carboxylic acids is 1. The van der Waals surface area contributed by atoms with E-state index in [1.54, 1.807) is 0 Å². The van der Waals surface area contributed by atoms with Crippen molar-refractivity contribution in [1.82, 2.24) is 0 Å². The smallest absolute Gasteiger partial charge is 0.364 e. The number of hydrogen-bond acceptors (Lipinski definition) is 3. The van der Waals surface area contributed by atoms with E-state index in [4.69, 9.17) is 15.3 Å². The van der Waals surface area contributed by atoms with Gasteiger partial charge in [0.05, 0.1) is 0 Å². The molecule has 0 bridgehead atoms. The Hall–Kier alpha value is -0.870. The van der Waals surface area contributed by atoms with Crippen LogP contribution >= 0.6 is 0 Å². The number of aliphatic hydroxyl groups is 2. The van der Waals surface area contributed by atoms with Crippen LogP contribution in [0.15, 0.2) is 12.7 Å². The summed E-state index contributed by atoms with van der Waals surface area (Å²) in [5, 5.41) is 26.8. The fraction of sp³-hybridized carbons (Fsp3) is 0.864. The van der Waals surface area contributed by atoms with Gasteiger partial charge in [-0.25, -0.2) is 4.79 Å². The predicted octanol–water partition coefficient (Wildman–Crippen LogP) is 6.21. The summed E-state index contributed by atoms with van der Waals surface area (Å²) in [5.74, 6) is -4.10. The molecule has 0 saturated carbocycles. The molecule has 0 aliphatic rings. The van der Waals surface area contributed by atoms with E-state index in [1.807, 2.05) is 6.08 Å². The molecule has 0 saturated heterocycles. The molecule has 4 heteroatoms. The molecular formula is C22H44O4. The molecule has 0 aliphatic heterocycles. The van der Waals surface area contributed by atoms with Gasteiger partial charge in [-0.2, -0.15) is 0 Å². The Bertz CT molecular complexity index is 313. The van der Waals surface area contributed by atoms with Crippen LogP contribution in [-0.4, -0.2) is 27.1 Å². The molecule has 0 aliphatic carbocycles. The van der Waals surface area contributed by atoms with Crippen molar-refractivity contribution in [1.29, 1.82) is 0 Å². The number of allylic oxidation sites excluding steroid dienone is 1. The molecule has 0 heterocycles. The summed E-state index contributed by atoms with van der Waals surface area (Å²) in [7, 11) is 0. The second-order valence-electron chi connectivity index (χ2n) is 7.16. The minimum atomic E-state index is -2.54. The topological polar surface area (TPSA) is 77.8 Å². The third-order valence-electron chi connectivity index (χ3n) is 4.51. The van der Waals surface area contributed by atoms with Crippen LogP contribution in [0.5, 0.6) is 0 Å². The second kappa shape index (κ2) is 20.4. The number of carbonyl (C=O) groups is 1. The van der Waals surface area contributed by atoms with Gasteiger partial charge in [-0.3, -0.25) is 0 Å². The molecule has 26 heavy (non-hydrogen) atoms. The van der Waals surface area contributed by atoms with Crippen LogP contribution in [0, 0.1) is 0 Å². The quantitative estimate of drug-likeness (QED) is 0.161. The van der Waals surface area contributed by atoms with Crippen LogP contribution in [0.4, 0.5) is 0 Å². The average molecular weight is 373 g/mol. The lowest BCUT2D eigenvalue weighted by atomic mass is 10.0. The monoisotopic (exact) mass is 372 g/mol. The Kier molecular flexibility index (Phi) is 21.5. The number of carboxylic acid groups (broad SMARTS) is 1. The molecule has 0 amide bonds. The van der Waals surface area contributed by atoms with E-state index in [9.17, 15) is 4.79 Å². The molecule has 0 spiro atoms. The van der Waals surface area contributed by atoms with Crippen molar-refractivity contribution in [2.24, 2.45) is 0 Å². The highest BCUT2D eigenvalue weighted by atomic mass is 16.5. The summed E-state index contributed by atoms with van der Waals surface area (Å²) in [6.45, 7) is 7.79. The molecule has 0 aromatic rings. The fourth-order valence-corrected chi connectivity index (χ4v) is 2.67. The molecule has 0 atom stereocenters. The molecule has 0 radical (unpaired) electrons. The van der Waals surface area contributed by atoms with Gasteiger partial charge >= 0.3 is 5.97 Å². The van der Waals surface area contributed by atoms with E-state index in [0.29, 0.717) is 6.42 Å². The van der Waals surface area contributed by atoms with Gasteiger partial charge < -0.3 is 15.3 Å². The standard InChI is InChI=1S/C18H36O4.C4H8/c1-2-3-4-5-6-7-8-9-10-11-12-13-14-15-16-18(21,22)17(19)20;1-3-4-2/h21-22H,2-16H2,1H3,(H,19,20);3H,1,4H2,2H3. The summed E-state index contributed by atoms with van der Waals surface area (Å²) in [6.07, 6.45) is 19.9. The highest BCUT2D eigenvalue weighted by molar-refractivity contribution is 5.74.